The van der Waals surface area contributed by atoms with Crippen LogP contribution in [0.3, 0.4) is 0 Å². The molecule has 6 nitrogen and oxygen atoms in total. The summed E-state index contributed by atoms with van der Waals surface area (Å²) in [7, 11) is 0. The summed E-state index contributed by atoms with van der Waals surface area (Å²) in [6.45, 7) is 0. The van der Waals surface area contributed by atoms with E-state index in [1.54, 1.807) is 6.20 Å². The number of hydrogen-bond donors (Lipinski definition) is 2. The van der Waals surface area contributed by atoms with Gasteiger partial charge in [-0.25, -0.2) is 0 Å². The molecular formula is C11H9N5O. The van der Waals surface area contributed by atoms with Gasteiger partial charge in [-0.3, -0.25) is 0 Å². The summed E-state index contributed by atoms with van der Waals surface area (Å²) in [5.74, 6) is 0.858. The molecule has 3 rings (SSSR count). The first-order valence-electron chi connectivity index (χ1n) is 5.03. The highest BCUT2D eigenvalue weighted by Gasteiger charge is 2.18. The number of nitrogens with two attached hydrogens (primary N) is 1. The summed E-state index contributed by atoms with van der Waals surface area (Å²) < 4.78 is 5.20. The molecule has 6 heteroatoms. The van der Waals surface area contributed by atoms with Gasteiger partial charge in [-0.1, -0.05) is 35.5 Å². The molecule has 0 aliphatic heterocycles. The van der Waals surface area contributed by atoms with E-state index in [0.717, 1.165) is 11.1 Å². The van der Waals surface area contributed by atoms with E-state index in [1.807, 2.05) is 30.3 Å². The van der Waals surface area contributed by atoms with Gasteiger partial charge in [-0.2, -0.15) is 15.4 Å². The molecule has 0 spiro atoms. The second-order valence-electron chi connectivity index (χ2n) is 3.49. The number of H-pyrrole nitrogens is 1. The van der Waals surface area contributed by atoms with Crippen LogP contribution in [0.15, 0.2) is 41.1 Å². The predicted molar refractivity (Wildman–Crippen MR) is 61.7 cm³/mol. The number of benzene rings is 1. The SMILES string of the molecule is Nc1noc(-c2cn[nH]n2)c1-c1ccccc1. The van der Waals surface area contributed by atoms with Crippen LogP contribution < -0.4 is 5.73 Å². The van der Waals surface area contributed by atoms with Crippen LogP contribution >= 0.6 is 0 Å². The van der Waals surface area contributed by atoms with Crippen molar-refractivity contribution in [1.29, 1.82) is 0 Å². The summed E-state index contributed by atoms with van der Waals surface area (Å²) in [5.41, 5.74) is 8.06. The third-order valence-corrected chi connectivity index (χ3v) is 2.43. The van der Waals surface area contributed by atoms with E-state index >= 15 is 0 Å². The van der Waals surface area contributed by atoms with E-state index in [0.29, 0.717) is 17.3 Å². The number of anilines is 1. The fourth-order valence-corrected chi connectivity index (χ4v) is 1.67. The lowest BCUT2D eigenvalue weighted by Crippen LogP contribution is -1.88. The van der Waals surface area contributed by atoms with Crippen molar-refractivity contribution < 1.29 is 4.52 Å². The largest absolute Gasteiger partial charge is 0.380 e. The maximum absolute atomic E-state index is 5.82. The Morgan fingerprint density at radius 1 is 1.18 bits per heavy atom. The lowest BCUT2D eigenvalue weighted by Gasteiger charge is -1.99. The smallest absolute Gasteiger partial charge is 0.198 e. The van der Waals surface area contributed by atoms with Crippen LogP contribution in [0.2, 0.25) is 0 Å². The number of aromatic amines is 1. The molecule has 2 heterocycles. The summed E-state index contributed by atoms with van der Waals surface area (Å²) >= 11 is 0. The Labute approximate surface area is 96.4 Å². The molecule has 3 aromatic rings. The van der Waals surface area contributed by atoms with E-state index in [1.165, 1.54) is 0 Å². The maximum Gasteiger partial charge on any atom is 0.198 e. The van der Waals surface area contributed by atoms with Crippen LogP contribution in [-0.2, 0) is 0 Å². The second-order valence-corrected chi connectivity index (χ2v) is 3.49. The van der Waals surface area contributed by atoms with Crippen LogP contribution in [0.5, 0.6) is 0 Å². The van der Waals surface area contributed by atoms with Gasteiger partial charge in [0.2, 0.25) is 0 Å². The van der Waals surface area contributed by atoms with Gasteiger partial charge < -0.3 is 10.3 Å². The quantitative estimate of drug-likeness (QED) is 0.695. The molecule has 84 valence electrons. The number of rotatable bonds is 2. The Kier molecular flexibility index (Phi) is 2.11. The summed E-state index contributed by atoms with van der Waals surface area (Å²) in [4.78, 5) is 0. The van der Waals surface area contributed by atoms with Gasteiger partial charge in [-0.05, 0) is 5.56 Å². The molecule has 3 N–H and O–H groups in total. The highest BCUT2D eigenvalue weighted by molar-refractivity contribution is 5.85. The molecule has 0 fully saturated rings. The Bertz CT molecular complexity index is 615. The Hall–Kier alpha value is -2.63. The number of nitrogens with one attached hydrogen (secondary N) is 1. The molecule has 0 radical (unpaired) electrons. The van der Waals surface area contributed by atoms with Crippen molar-refractivity contribution in [2.24, 2.45) is 0 Å². The van der Waals surface area contributed by atoms with Crippen molar-refractivity contribution in [3.8, 4) is 22.6 Å². The Morgan fingerprint density at radius 2 is 2.00 bits per heavy atom. The minimum atomic E-state index is 0.342. The number of hydrogen-bond acceptors (Lipinski definition) is 5. The highest BCUT2D eigenvalue weighted by atomic mass is 16.5. The molecule has 0 bridgehead atoms. The minimum Gasteiger partial charge on any atom is -0.380 e. The summed E-state index contributed by atoms with van der Waals surface area (Å²) in [6, 6.07) is 9.66. The molecule has 0 saturated heterocycles. The molecular weight excluding hydrogens is 218 g/mol. The van der Waals surface area contributed by atoms with Gasteiger partial charge in [-0.15, -0.1) is 0 Å². The zero-order valence-electron chi connectivity index (χ0n) is 8.79. The predicted octanol–water partition coefficient (Wildman–Crippen LogP) is 1.71. The van der Waals surface area contributed by atoms with Gasteiger partial charge in [0.1, 0.15) is 0 Å². The Balaban J connectivity index is 2.20. The van der Waals surface area contributed by atoms with Crippen molar-refractivity contribution in [2.45, 2.75) is 0 Å². The lowest BCUT2D eigenvalue weighted by molar-refractivity contribution is 0.435. The average molecular weight is 227 g/mol. The van der Waals surface area contributed by atoms with Crippen LogP contribution in [0, 0.1) is 0 Å². The van der Waals surface area contributed by atoms with Crippen LogP contribution in [-0.4, -0.2) is 20.6 Å². The van der Waals surface area contributed by atoms with Crippen LogP contribution in [0.25, 0.3) is 22.6 Å². The first-order chi connectivity index (χ1) is 8.36. The molecule has 2 aromatic heterocycles. The zero-order chi connectivity index (χ0) is 11.7. The van der Waals surface area contributed by atoms with Crippen molar-refractivity contribution in [2.75, 3.05) is 5.73 Å². The fraction of sp³-hybridized carbons (Fsp3) is 0. The van der Waals surface area contributed by atoms with Crippen molar-refractivity contribution >= 4 is 5.82 Å². The minimum absolute atomic E-state index is 0.342. The van der Waals surface area contributed by atoms with Crippen molar-refractivity contribution in [3.63, 3.8) is 0 Å². The van der Waals surface area contributed by atoms with Gasteiger partial charge in [0, 0.05) is 0 Å². The first kappa shape index (κ1) is 9.59. The molecule has 0 unspecified atom stereocenters. The molecule has 0 saturated carbocycles. The maximum atomic E-state index is 5.82. The first-order valence-corrected chi connectivity index (χ1v) is 5.03. The number of aromatic nitrogens is 4. The fourth-order valence-electron chi connectivity index (χ4n) is 1.67. The topological polar surface area (TPSA) is 93.6 Å². The summed E-state index contributed by atoms with van der Waals surface area (Å²) in [6.07, 6.45) is 1.56. The molecule has 1 aromatic carbocycles. The number of nitrogens with zero attached hydrogens (tertiary/aromatic N) is 3. The Morgan fingerprint density at radius 3 is 2.71 bits per heavy atom. The normalized spacial score (nSPS) is 10.6. The highest BCUT2D eigenvalue weighted by Crippen LogP contribution is 2.34. The molecule has 0 atom stereocenters. The van der Waals surface area contributed by atoms with Crippen LogP contribution in [0.1, 0.15) is 0 Å². The second kappa shape index (κ2) is 3.75. The monoisotopic (exact) mass is 227 g/mol. The molecule has 0 amide bonds. The van der Waals surface area contributed by atoms with Gasteiger partial charge in [0.15, 0.2) is 17.3 Å². The van der Waals surface area contributed by atoms with E-state index in [9.17, 15) is 0 Å². The standard InChI is InChI=1S/C11H9N5O/c12-11-9(7-4-2-1-3-5-7)10(17-15-11)8-6-13-16-14-8/h1-6H,(H2,12,15)(H,13,14,16). The van der Waals surface area contributed by atoms with E-state index < -0.39 is 0 Å². The van der Waals surface area contributed by atoms with E-state index in [2.05, 4.69) is 20.6 Å². The molecule has 0 aliphatic carbocycles. The van der Waals surface area contributed by atoms with E-state index in [4.69, 9.17) is 10.3 Å². The lowest BCUT2D eigenvalue weighted by atomic mass is 10.0. The molecule has 0 aliphatic rings. The van der Waals surface area contributed by atoms with Crippen LogP contribution in [0.4, 0.5) is 5.82 Å². The van der Waals surface area contributed by atoms with Crippen molar-refractivity contribution in [3.05, 3.63) is 36.5 Å². The van der Waals surface area contributed by atoms with Gasteiger partial charge in [0.25, 0.3) is 0 Å². The van der Waals surface area contributed by atoms with Gasteiger partial charge >= 0.3 is 0 Å². The van der Waals surface area contributed by atoms with E-state index in [-0.39, 0.29) is 0 Å². The average Bonchev–Trinajstić information content (AvgIpc) is 2.98. The molecule has 17 heavy (non-hydrogen) atoms. The zero-order valence-corrected chi connectivity index (χ0v) is 8.79. The third-order valence-electron chi connectivity index (χ3n) is 2.43. The third kappa shape index (κ3) is 1.55. The number of nitrogen functional groups attached to an aromatic ring is 1. The summed E-state index contributed by atoms with van der Waals surface area (Å²) in [5, 5.41) is 14.0. The van der Waals surface area contributed by atoms with Crippen molar-refractivity contribution in [1.82, 2.24) is 20.6 Å². The van der Waals surface area contributed by atoms with Gasteiger partial charge in [0.05, 0.1) is 11.8 Å².